The first kappa shape index (κ1) is 17.3. The van der Waals surface area contributed by atoms with Crippen molar-refractivity contribution in [3.8, 4) is 0 Å². The predicted octanol–water partition coefficient (Wildman–Crippen LogP) is 1.46. The maximum absolute atomic E-state index is 5.11. The van der Waals surface area contributed by atoms with Crippen LogP contribution in [0.3, 0.4) is 0 Å². The molecule has 0 aliphatic heterocycles. The van der Waals surface area contributed by atoms with E-state index in [2.05, 4.69) is 13.8 Å². The molecule has 0 saturated heterocycles. The Balaban J connectivity index is 0. The van der Waals surface area contributed by atoms with Crippen LogP contribution < -0.4 is 18.9 Å². The van der Waals surface area contributed by atoms with Crippen molar-refractivity contribution >= 4 is 12.6 Å². The van der Waals surface area contributed by atoms with Crippen LogP contribution in [0.5, 0.6) is 0 Å². The summed E-state index contributed by atoms with van der Waals surface area (Å²) < 4.78 is 0. The number of rotatable bonds is 9. The Morgan fingerprint density at radius 1 is 0.857 bits per heavy atom. The molecule has 0 radical (unpaired) electrons. The molecule has 0 N–H and O–H groups in total. The van der Waals surface area contributed by atoms with E-state index in [4.69, 9.17) is 12.6 Å². The number of hydrogen-bond acceptors (Lipinski definition) is 1. The van der Waals surface area contributed by atoms with Crippen LogP contribution in [0.1, 0.15) is 71.6 Å². The third-order valence-electron chi connectivity index (χ3n) is 2.46. The quantitative estimate of drug-likeness (QED) is 0.314. The topological polar surface area (TPSA) is 0 Å². The average molecular weight is 208 g/mol. The summed E-state index contributed by atoms with van der Waals surface area (Å²) in [6.07, 6.45) is 12.5. The normalized spacial score (nSPS) is 12.2. The van der Waals surface area contributed by atoms with Crippen molar-refractivity contribution in [2.45, 2.75) is 76.9 Å². The zero-order valence-electron chi connectivity index (χ0n) is 10.3. The molecule has 0 aromatic heterocycles. The SMILES string of the molecule is CCCCCCCCCCC(C)[S-].[Li+]. The summed E-state index contributed by atoms with van der Waals surface area (Å²) in [5, 5.41) is 0.486. The second-order valence-corrected chi connectivity index (χ2v) is 4.88. The van der Waals surface area contributed by atoms with Crippen LogP contribution in [0.15, 0.2) is 0 Å². The minimum absolute atomic E-state index is 0. The summed E-state index contributed by atoms with van der Waals surface area (Å²) in [5.41, 5.74) is 0. The Hall–Kier alpha value is 0.947. The van der Waals surface area contributed by atoms with Gasteiger partial charge in [-0.15, -0.1) is 0 Å². The number of hydrogen-bond donors (Lipinski definition) is 0. The molecule has 0 amide bonds. The van der Waals surface area contributed by atoms with Crippen molar-refractivity contribution < 1.29 is 18.9 Å². The summed E-state index contributed by atoms with van der Waals surface area (Å²) in [4.78, 5) is 0. The van der Waals surface area contributed by atoms with E-state index in [1.807, 2.05) is 0 Å². The van der Waals surface area contributed by atoms with E-state index in [0.29, 0.717) is 5.25 Å². The molecule has 0 aromatic rings. The molecule has 0 heterocycles. The summed E-state index contributed by atoms with van der Waals surface area (Å²) >= 11 is 5.11. The van der Waals surface area contributed by atoms with Crippen molar-refractivity contribution in [3.05, 3.63) is 0 Å². The molecule has 0 rings (SSSR count). The van der Waals surface area contributed by atoms with Crippen LogP contribution in [-0.4, -0.2) is 5.25 Å². The van der Waals surface area contributed by atoms with Gasteiger partial charge in [0.15, 0.2) is 0 Å². The van der Waals surface area contributed by atoms with Crippen LogP contribution in [0.2, 0.25) is 0 Å². The van der Waals surface area contributed by atoms with Crippen LogP contribution >= 0.6 is 0 Å². The average Bonchev–Trinajstić information content (AvgIpc) is 2.09. The van der Waals surface area contributed by atoms with Gasteiger partial charge in [0.2, 0.25) is 0 Å². The summed E-state index contributed by atoms with van der Waals surface area (Å²) in [6, 6.07) is 0. The zero-order valence-corrected chi connectivity index (χ0v) is 11.2. The fraction of sp³-hybridized carbons (Fsp3) is 1.00. The van der Waals surface area contributed by atoms with E-state index in [0.717, 1.165) is 0 Å². The van der Waals surface area contributed by atoms with Crippen molar-refractivity contribution in [2.75, 3.05) is 0 Å². The van der Waals surface area contributed by atoms with E-state index >= 15 is 0 Å². The maximum Gasteiger partial charge on any atom is 1.00 e. The van der Waals surface area contributed by atoms with Crippen LogP contribution in [0, 0.1) is 0 Å². The Morgan fingerprint density at radius 2 is 1.29 bits per heavy atom. The van der Waals surface area contributed by atoms with Gasteiger partial charge in [0.05, 0.1) is 0 Å². The third kappa shape index (κ3) is 15.4. The van der Waals surface area contributed by atoms with E-state index < -0.39 is 0 Å². The molecular formula is C12H25LiS. The molecule has 0 aliphatic carbocycles. The molecule has 14 heavy (non-hydrogen) atoms. The predicted molar refractivity (Wildman–Crippen MR) is 64.1 cm³/mol. The smallest absolute Gasteiger partial charge is 0.789 e. The van der Waals surface area contributed by atoms with Gasteiger partial charge < -0.3 is 12.6 Å². The molecule has 1 unspecified atom stereocenters. The van der Waals surface area contributed by atoms with E-state index in [1.54, 1.807) is 0 Å². The first-order valence-electron chi connectivity index (χ1n) is 5.93. The van der Waals surface area contributed by atoms with Gasteiger partial charge >= 0.3 is 18.9 Å². The molecule has 0 aromatic carbocycles. The van der Waals surface area contributed by atoms with Gasteiger partial charge in [0, 0.05) is 0 Å². The molecular weight excluding hydrogens is 183 g/mol. The van der Waals surface area contributed by atoms with Crippen molar-refractivity contribution in [3.63, 3.8) is 0 Å². The van der Waals surface area contributed by atoms with Crippen LogP contribution in [0.25, 0.3) is 0 Å². The number of unbranched alkanes of at least 4 members (excludes halogenated alkanes) is 7. The molecule has 2 heteroatoms. The molecule has 1 atom stereocenters. The standard InChI is InChI=1S/C12H26S.Li/c1-3-4-5-6-7-8-9-10-11-12(2)13;/h12-13H,3-11H2,1-2H3;/q;+1/p-1. The van der Waals surface area contributed by atoms with Crippen LogP contribution in [0.4, 0.5) is 0 Å². The second kappa shape index (κ2) is 13.9. The Bertz CT molecular complexity index is 94.3. The molecule has 0 saturated carbocycles. The zero-order chi connectivity index (χ0) is 9.94. The monoisotopic (exact) mass is 208 g/mol. The van der Waals surface area contributed by atoms with Gasteiger partial charge in [-0.1, -0.05) is 71.6 Å². The summed E-state index contributed by atoms with van der Waals surface area (Å²) in [6.45, 7) is 4.40. The van der Waals surface area contributed by atoms with Crippen molar-refractivity contribution in [1.29, 1.82) is 0 Å². The minimum atomic E-state index is 0. The first-order valence-corrected chi connectivity index (χ1v) is 6.40. The molecule has 0 nitrogen and oxygen atoms in total. The van der Waals surface area contributed by atoms with Gasteiger partial charge in [-0.2, -0.15) is 5.25 Å². The fourth-order valence-corrected chi connectivity index (χ4v) is 1.73. The second-order valence-electron chi connectivity index (χ2n) is 4.07. The van der Waals surface area contributed by atoms with E-state index in [1.165, 1.54) is 57.8 Å². The Morgan fingerprint density at radius 3 is 1.71 bits per heavy atom. The fourth-order valence-electron chi connectivity index (χ4n) is 1.57. The van der Waals surface area contributed by atoms with Gasteiger partial charge in [-0.3, -0.25) is 0 Å². The van der Waals surface area contributed by atoms with E-state index in [9.17, 15) is 0 Å². The largest absolute Gasteiger partial charge is 1.00 e. The maximum atomic E-state index is 5.11. The molecule has 0 fully saturated rings. The first-order chi connectivity index (χ1) is 6.27. The Labute approximate surface area is 108 Å². The molecule has 0 aliphatic rings. The van der Waals surface area contributed by atoms with Gasteiger partial charge in [0.25, 0.3) is 0 Å². The summed E-state index contributed by atoms with van der Waals surface area (Å²) in [7, 11) is 0. The minimum Gasteiger partial charge on any atom is -0.789 e. The molecule has 0 bridgehead atoms. The van der Waals surface area contributed by atoms with Crippen molar-refractivity contribution in [1.82, 2.24) is 0 Å². The van der Waals surface area contributed by atoms with Gasteiger partial charge in [0.1, 0.15) is 0 Å². The van der Waals surface area contributed by atoms with Gasteiger partial charge in [-0.25, -0.2) is 0 Å². The Kier molecular flexibility index (Phi) is 17.3. The van der Waals surface area contributed by atoms with E-state index in [-0.39, 0.29) is 18.9 Å². The molecule has 0 spiro atoms. The summed E-state index contributed by atoms with van der Waals surface area (Å²) in [5.74, 6) is 0. The third-order valence-corrected chi connectivity index (χ3v) is 2.70. The van der Waals surface area contributed by atoms with Crippen LogP contribution in [-0.2, 0) is 12.6 Å². The van der Waals surface area contributed by atoms with Crippen molar-refractivity contribution in [2.24, 2.45) is 0 Å². The molecule has 80 valence electrons. The van der Waals surface area contributed by atoms with Gasteiger partial charge in [-0.05, 0) is 0 Å².